The fraction of sp³-hybridized carbons (Fsp3) is 0.450. The fourth-order valence-electron chi connectivity index (χ4n) is 3.36. The zero-order valence-electron chi connectivity index (χ0n) is 15.4. The lowest BCUT2D eigenvalue weighted by atomic mass is 10.0. The molecule has 1 aliphatic heterocycles. The number of pyridine rings is 1. The van der Waals surface area contributed by atoms with E-state index in [1.165, 1.54) is 11.3 Å². The summed E-state index contributed by atoms with van der Waals surface area (Å²) >= 11 is 1.51. The third kappa shape index (κ3) is 6.06. The van der Waals surface area contributed by atoms with Gasteiger partial charge in [0.25, 0.3) is 5.91 Å². The number of rotatable bonds is 8. The van der Waals surface area contributed by atoms with E-state index in [9.17, 15) is 9.59 Å². The first-order valence-corrected chi connectivity index (χ1v) is 10.4. The van der Waals surface area contributed by atoms with Gasteiger partial charge >= 0.3 is 6.03 Å². The van der Waals surface area contributed by atoms with Crippen LogP contribution in [0.25, 0.3) is 0 Å². The van der Waals surface area contributed by atoms with Crippen molar-refractivity contribution in [2.24, 2.45) is 5.92 Å². The molecular weight excluding hydrogens is 360 g/mol. The molecule has 27 heavy (non-hydrogen) atoms. The summed E-state index contributed by atoms with van der Waals surface area (Å²) in [6.07, 6.45) is 8.74. The van der Waals surface area contributed by atoms with Gasteiger partial charge in [-0.1, -0.05) is 18.9 Å². The Kier molecular flexibility index (Phi) is 7.21. The van der Waals surface area contributed by atoms with Gasteiger partial charge in [-0.3, -0.25) is 9.78 Å². The van der Waals surface area contributed by atoms with Crippen molar-refractivity contribution in [3.05, 3.63) is 46.9 Å². The monoisotopic (exact) mass is 386 g/mol. The summed E-state index contributed by atoms with van der Waals surface area (Å²) in [5, 5.41) is 7.60. The Morgan fingerprint density at radius 3 is 2.81 bits per heavy atom. The number of carbonyl (C=O) groups excluding carboxylic acids is 2. The van der Waals surface area contributed by atoms with Gasteiger partial charge in [-0.05, 0) is 48.8 Å². The number of urea groups is 1. The van der Waals surface area contributed by atoms with Gasteiger partial charge < -0.3 is 15.5 Å². The Morgan fingerprint density at radius 1 is 1.19 bits per heavy atom. The van der Waals surface area contributed by atoms with Gasteiger partial charge in [-0.25, -0.2) is 4.79 Å². The smallest absolute Gasteiger partial charge is 0.319 e. The summed E-state index contributed by atoms with van der Waals surface area (Å²) < 4.78 is 0. The third-order valence-electron chi connectivity index (χ3n) is 4.82. The number of unbranched alkanes of at least 4 members (excludes halogenated alkanes) is 2. The maximum absolute atomic E-state index is 12.4. The van der Waals surface area contributed by atoms with E-state index in [0.29, 0.717) is 12.5 Å². The normalized spacial score (nSPS) is 16.3. The molecule has 1 fully saturated rings. The van der Waals surface area contributed by atoms with Crippen molar-refractivity contribution >= 4 is 29.0 Å². The Balaban J connectivity index is 1.24. The first-order valence-electron chi connectivity index (χ1n) is 9.50. The average molecular weight is 387 g/mol. The van der Waals surface area contributed by atoms with E-state index in [2.05, 4.69) is 15.6 Å². The van der Waals surface area contributed by atoms with E-state index >= 15 is 0 Å². The van der Waals surface area contributed by atoms with Gasteiger partial charge in [-0.15, -0.1) is 11.3 Å². The van der Waals surface area contributed by atoms with Crippen LogP contribution in [-0.2, 0) is 0 Å². The lowest BCUT2D eigenvalue weighted by Crippen LogP contribution is -2.29. The van der Waals surface area contributed by atoms with Crippen molar-refractivity contribution in [3.63, 3.8) is 0 Å². The first-order chi connectivity index (χ1) is 13.2. The van der Waals surface area contributed by atoms with Gasteiger partial charge in [-0.2, -0.15) is 0 Å². The number of nitrogens with one attached hydrogen (secondary N) is 2. The SMILES string of the molecule is O=C(NCCCCC[C@H]1CCN(C(=O)c2cccs2)C1)Nc1ccncc1. The van der Waals surface area contributed by atoms with E-state index in [0.717, 1.165) is 55.8 Å². The second-order valence-electron chi connectivity index (χ2n) is 6.85. The molecule has 3 heterocycles. The quantitative estimate of drug-likeness (QED) is 0.674. The minimum Gasteiger partial charge on any atom is -0.338 e. The summed E-state index contributed by atoms with van der Waals surface area (Å²) in [6, 6.07) is 7.16. The highest BCUT2D eigenvalue weighted by Gasteiger charge is 2.26. The molecule has 2 aromatic heterocycles. The van der Waals surface area contributed by atoms with Crippen LogP contribution in [0.1, 0.15) is 41.8 Å². The van der Waals surface area contributed by atoms with Crippen LogP contribution in [0.3, 0.4) is 0 Å². The number of hydrogen-bond acceptors (Lipinski definition) is 4. The maximum Gasteiger partial charge on any atom is 0.319 e. The van der Waals surface area contributed by atoms with Crippen LogP contribution in [0.5, 0.6) is 0 Å². The van der Waals surface area contributed by atoms with Crippen LogP contribution in [0.15, 0.2) is 42.0 Å². The first kappa shape index (κ1) is 19.4. The maximum atomic E-state index is 12.4. The lowest BCUT2D eigenvalue weighted by molar-refractivity contribution is 0.0791. The molecular formula is C20H26N4O2S. The number of likely N-dealkylation sites (tertiary alicyclic amines) is 1. The molecule has 0 saturated carbocycles. The van der Waals surface area contributed by atoms with Crippen molar-refractivity contribution in [1.82, 2.24) is 15.2 Å². The lowest BCUT2D eigenvalue weighted by Gasteiger charge is -2.15. The van der Waals surface area contributed by atoms with Gasteiger partial charge in [0.15, 0.2) is 0 Å². The highest BCUT2D eigenvalue weighted by molar-refractivity contribution is 7.12. The van der Waals surface area contributed by atoms with E-state index in [4.69, 9.17) is 0 Å². The molecule has 144 valence electrons. The van der Waals surface area contributed by atoms with Crippen molar-refractivity contribution in [1.29, 1.82) is 0 Å². The summed E-state index contributed by atoms with van der Waals surface area (Å²) in [4.78, 5) is 30.9. The predicted molar refractivity (Wildman–Crippen MR) is 108 cm³/mol. The highest BCUT2D eigenvalue weighted by atomic mass is 32.1. The van der Waals surface area contributed by atoms with Crippen LogP contribution >= 0.6 is 11.3 Å². The molecule has 1 saturated heterocycles. The topological polar surface area (TPSA) is 74.3 Å². The molecule has 3 rings (SSSR count). The van der Waals surface area contributed by atoms with Gasteiger partial charge in [0, 0.05) is 37.7 Å². The molecule has 3 amide bonds. The van der Waals surface area contributed by atoms with Gasteiger partial charge in [0.1, 0.15) is 0 Å². The van der Waals surface area contributed by atoms with Crippen LogP contribution in [0, 0.1) is 5.92 Å². The number of carbonyl (C=O) groups is 2. The number of anilines is 1. The second-order valence-corrected chi connectivity index (χ2v) is 7.80. The molecule has 0 spiro atoms. The molecule has 1 atom stereocenters. The molecule has 2 aromatic rings. The standard InChI is InChI=1S/C20H26N4O2S/c25-19(18-6-4-14-27-18)24-13-9-16(15-24)5-2-1-3-10-22-20(26)23-17-7-11-21-12-8-17/h4,6-8,11-12,14,16H,1-3,5,9-10,13,15H2,(H2,21,22,23,26)/t16-/m0/s1. The zero-order chi connectivity index (χ0) is 18.9. The summed E-state index contributed by atoms with van der Waals surface area (Å²) in [6.45, 7) is 2.42. The van der Waals surface area contributed by atoms with E-state index in [1.807, 2.05) is 22.4 Å². The average Bonchev–Trinajstić information content (AvgIpc) is 3.37. The largest absolute Gasteiger partial charge is 0.338 e. The number of hydrogen-bond donors (Lipinski definition) is 2. The Hall–Kier alpha value is -2.41. The van der Waals surface area contributed by atoms with Crippen LogP contribution in [-0.4, -0.2) is 41.5 Å². The number of thiophene rings is 1. The zero-order valence-corrected chi connectivity index (χ0v) is 16.2. The van der Waals surface area contributed by atoms with Crippen LogP contribution in [0.4, 0.5) is 10.5 Å². The van der Waals surface area contributed by atoms with E-state index in [-0.39, 0.29) is 11.9 Å². The molecule has 0 radical (unpaired) electrons. The molecule has 2 N–H and O–H groups in total. The summed E-state index contributed by atoms with van der Waals surface area (Å²) in [5.74, 6) is 0.786. The molecule has 0 aliphatic carbocycles. The van der Waals surface area contributed by atoms with Crippen LogP contribution < -0.4 is 10.6 Å². The summed E-state index contributed by atoms with van der Waals surface area (Å²) in [7, 11) is 0. The number of amides is 3. The Bertz CT molecular complexity index is 721. The number of aromatic nitrogens is 1. The molecule has 0 bridgehead atoms. The van der Waals surface area contributed by atoms with Gasteiger partial charge in [0.05, 0.1) is 4.88 Å². The Morgan fingerprint density at radius 2 is 2.04 bits per heavy atom. The molecule has 6 nitrogen and oxygen atoms in total. The fourth-order valence-corrected chi connectivity index (χ4v) is 4.05. The van der Waals surface area contributed by atoms with Crippen molar-refractivity contribution in [2.75, 3.05) is 25.0 Å². The summed E-state index contributed by atoms with van der Waals surface area (Å²) in [5.41, 5.74) is 0.741. The van der Waals surface area contributed by atoms with E-state index in [1.54, 1.807) is 24.5 Å². The molecule has 7 heteroatoms. The highest BCUT2D eigenvalue weighted by Crippen LogP contribution is 2.24. The second kappa shape index (κ2) is 10.1. The number of nitrogens with zero attached hydrogens (tertiary/aromatic N) is 2. The van der Waals surface area contributed by atoms with Gasteiger partial charge in [0.2, 0.25) is 0 Å². The molecule has 0 unspecified atom stereocenters. The Labute approximate surface area is 164 Å². The molecule has 1 aliphatic rings. The predicted octanol–water partition coefficient (Wildman–Crippen LogP) is 3.99. The van der Waals surface area contributed by atoms with E-state index < -0.39 is 0 Å². The minimum atomic E-state index is -0.181. The van der Waals surface area contributed by atoms with Crippen molar-refractivity contribution in [2.45, 2.75) is 32.1 Å². The van der Waals surface area contributed by atoms with Crippen LogP contribution in [0.2, 0.25) is 0 Å². The minimum absolute atomic E-state index is 0.178. The van der Waals surface area contributed by atoms with Crippen molar-refractivity contribution < 1.29 is 9.59 Å². The van der Waals surface area contributed by atoms with Crippen molar-refractivity contribution in [3.8, 4) is 0 Å². The third-order valence-corrected chi connectivity index (χ3v) is 5.68. The molecule has 0 aromatic carbocycles.